The third-order valence-corrected chi connectivity index (χ3v) is 4.96. The maximum absolute atomic E-state index is 5.53. The van der Waals surface area contributed by atoms with Crippen molar-refractivity contribution in [1.29, 1.82) is 0 Å². The molecule has 1 atom stereocenters. The van der Waals surface area contributed by atoms with Gasteiger partial charge in [-0.15, -0.1) is 0 Å². The molecule has 0 aliphatic heterocycles. The predicted octanol–water partition coefficient (Wildman–Crippen LogP) is 2.20. The first kappa shape index (κ1) is 21.2. The lowest BCUT2D eigenvalue weighted by Crippen LogP contribution is -2.23. The Morgan fingerprint density at radius 2 is 1.78 bits per heavy atom. The highest BCUT2D eigenvalue weighted by Gasteiger charge is 2.18. The first-order valence-corrected chi connectivity index (χ1v) is 9.95. The van der Waals surface area contributed by atoms with Crippen LogP contribution in [0.3, 0.4) is 0 Å². The van der Waals surface area contributed by atoms with Gasteiger partial charge in [-0.2, -0.15) is 4.98 Å². The molecule has 0 fully saturated rings. The highest BCUT2D eigenvalue weighted by atomic mass is 16.5. The Balaban J connectivity index is 1.46. The van der Waals surface area contributed by atoms with Gasteiger partial charge in [0.05, 0.1) is 24.7 Å². The van der Waals surface area contributed by atoms with Gasteiger partial charge >= 0.3 is 0 Å². The quantitative estimate of drug-likeness (QED) is 0.437. The van der Waals surface area contributed by atoms with E-state index in [1.165, 1.54) is 0 Å². The lowest BCUT2D eigenvalue weighted by molar-refractivity contribution is 0.206. The van der Waals surface area contributed by atoms with Gasteiger partial charge in [-0.25, -0.2) is 19.9 Å². The third kappa shape index (κ3) is 4.67. The topological polar surface area (TPSA) is 142 Å². The fourth-order valence-corrected chi connectivity index (χ4v) is 2.94. The SMILES string of the molecule is COCCN(C)c1cnc(-c2nc(C(C)c3ccc(-c4cnc(N)nc4)nc3)no2)cn1. The summed E-state index contributed by atoms with van der Waals surface area (Å²) in [6.45, 7) is 3.30. The van der Waals surface area contributed by atoms with Crippen molar-refractivity contribution in [2.45, 2.75) is 12.8 Å². The molecule has 4 rings (SSSR count). The molecule has 11 nitrogen and oxygen atoms in total. The van der Waals surface area contributed by atoms with Crippen molar-refractivity contribution in [3.8, 4) is 22.8 Å². The monoisotopic (exact) mass is 433 g/mol. The second-order valence-electron chi connectivity index (χ2n) is 7.16. The standard InChI is InChI=1S/C21H23N9O2/c1-13(14-4-5-16(23-8-14)15-9-26-21(22)27-10-15)19-28-20(32-29-19)17-11-25-18(12-24-17)30(2)6-7-31-3/h4-5,8-13H,6-7H2,1-3H3,(H2,22,26,27). The predicted molar refractivity (Wildman–Crippen MR) is 118 cm³/mol. The van der Waals surface area contributed by atoms with Gasteiger partial charge in [0.1, 0.15) is 11.5 Å². The number of rotatable bonds is 8. The molecule has 0 aliphatic carbocycles. The van der Waals surface area contributed by atoms with E-state index in [0.29, 0.717) is 30.6 Å². The molecule has 0 bridgehead atoms. The average molecular weight is 433 g/mol. The number of nitrogens with two attached hydrogens (primary N) is 1. The Morgan fingerprint density at radius 3 is 2.44 bits per heavy atom. The van der Waals surface area contributed by atoms with E-state index in [9.17, 15) is 0 Å². The summed E-state index contributed by atoms with van der Waals surface area (Å²) in [5, 5.41) is 4.11. The molecular formula is C21H23N9O2. The number of nitrogen functional groups attached to an aromatic ring is 1. The van der Waals surface area contributed by atoms with Crippen LogP contribution in [0.4, 0.5) is 11.8 Å². The van der Waals surface area contributed by atoms with Gasteiger partial charge < -0.3 is 19.9 Å². The summed E-state index contributed by atoms with van der Waals surface area (Å²) in [6.07, 6.45) is 8.34. The maximum Gasteiger partial charge on any atom is 0.278 e. The van der Waals surface area contributed by atoms with Crippen LogP contribution in [0.15, 0.2) is 47.6 Å². The van der Waals surface area contributed by atoms with Crippen LogP contribution in [0.1, 0.15) is 24.2 Å². The minimum atomic E-state index is -0.121. The minimum Gasteiger partial charge on any atom is -0.383 e. The van der Waals surface area contributed by atoms with Gasteiger partial charge in [-0.1, -0.05) is 18.1 Å². The summed E-state index contributed by atoms with van der Waals surface area (Å²) in [4.78, 5) is 27.8. The van der Waals surface area contributed by atoms with Gasteiger partial charge in [0.25, 0.3) is 5.89 Å². The molecule has 0 spiro atoms. The van der Waals surface area contributed by atoms with Crippen molar-refractivity contribution in [3.05, 3.63) is 54.5 Å². The summed E-state index contributed by atoms with van der Waals surface area (Å²) < 4.78 is 10.5. The second kappa shape index (κ2) is 9.43. The van der Waals surface area contributed by atoms with Crippen molar-refractivity contribution in [2.24, 2.45) is 0 Å². The van der Waals surface area contributed by atoms with Crippen molar-refractivity contribution < 1.29 is 9.26 Å². The van der Waals surface area contributed by atoms with Crippen LogP contribution < -0.4 is 10.6 Å². The lowest BCUT2D eigenvalue weighted by Gasteiger charge is -2.16. The van der Waals surface area contributed by atoms with E-state index in [4.69, 9.17) is 15.0 Å². The number of nitrogens with zero attached hydrogens (tertiary/aromatic N) is 8. The van der Waals surface area contributed by atoms with Crippen molar-refractivity contribution in [1.82, 2.24) is 35.1 Å². The molecule has 0 amide bonds. The van der Waals surface area contributed by atoms with Crippen LogP contribution in [-0.2, 0) is 4.74 Å². The Morgan fingerprint density at radius 1 is 1.00 bits per heavy atom. The maximum atomic E-state index is 5.53. The number of ether oxygens (including phenoxy) is 1. The van der Waals surface area contributed by atoms with E-state index in [0.717, 1.165) is 22.6 Å². The number of likely N-dealkylation sites (N-methyl/N-ethyl adjacent to an activating group) is 1. The van der Waals surface area contributed by atoms with Crippen LogP contribution in [-0.4, -0.2) is 62.4 Å². The van der Waals surface area contributed by atoms with E-state index in [1.54, 1.807) is 38.1 Å². The van der Waals surface area contributed by atoms with E-state index in [-0.39, 0.29) is 11.9 Å². The Labute approximate surface area is 184 Å². The van der Waals surface area contributed by atoms with Crippen LogP contribution >= 0.6 is 0 Å². The summed E-state index contributed by atoms with van der Waals surface area (Å²) in [7, 11) is 3.59. The van der Waals surface area contributed by atoms with E-state index < -0.39 is 0 Å². The van der Waals surface area contributed by atoms with Crippen LogP contribution in [0.5, 0.6) is 0 Å². The van der Waals surface area contributed by atoms with Gasteiger partial charge in [0.15, 0.2) is 5.82 Å². The third-order valence-electron chi connectivity index (χ3n) is 4.96. The molecular weight excluding hydrogens is 410 g/mol. The second-order valence-corrected chi connectivity index (χ2v) is 7.16. The molecule has 0 radical (unpaired) electrons. The number of aromatic nitrogens is 7. The minimum absolute atomic E-state index is 0.121. The number of methoxy groups -OCH3 is 1. The fraction of sp³-hybridized carbons (Fsp3) is 0.286. The molecule has 4 aromatic heterocycles. The van der Waals surface area contributed by atoms with Crippen LogP contribution in [0.25, 0.3) is 22.8 Å². The van der Waals surface area contributed by atoms with E-state index >= 15 is 0 Å². The first-order chi connectivity index (χ1) is 15.5. The van der Waals surface area contributed by atoms with Crippen molar-refractivity contribution in [3.63, 3.8) is 0 Å². The Kier molecular flexibility index (Phi) is 6.26. The molecule has 164 valence electrons. The number of anilines is 2. The van der Waals surface area contributed by atoms with Crippen LogP contribution in [0.2, 0.25) is 0 Å². The molecule has 11 heteroatoms. The number of pyridine rings is 1. The molecule has 0 saturated heterocycles. The molecule has 0 saturated carbocycles. The summed E-state index contributed by atoms with van der Waals surface area (Å²) in [6, 6.07) is 3.86. The zero-order chi connectivity index (χ0) is 22.5. The largest absolute Gasteiger partial charge is 0.383 e. The summed E-state index contributed by atoms with van der Waals surface area (Å²) in [5.41, 5.74) is 8.53. The number of hydrogen-bond donors (Lipinski definition) is 1. The lowest BCUT2D eigenvalue weighted by atomic mass is 10.0. The van der Waals surface area contributed by atoms with Gasteiger partial charge in [0.2, 0.25) is 5.95 Å². The molecule has 2 N–H and O–H groups in total. The van der Waals surface area contributed by atoms with Crippen molar-refractivity contribution in [2.75, 3.05) is 37.9 Å². The Hall–Kier alpha value is -3.99. The van der Waals surface area contributed by atoms with Gasteiger partial charge in [-0.3, -0.25) is 4.98 Å². The molecule has 1 unspecified atom stereocenters. The molecule has 0 aromatic carbocycles. The highest BCUT2D eigenvalue weighted by molar-refractivity contribution is 5.57. The molecule has 32 heavy (non-hydrogen) atoms. The normalized spacial score (nSPS) is 12.0. The zero-order valence-electron chi connectivity index (χ0n) is 18.0. The molecule has 0 aliphatic rings. The first-order valence-electron chi connectivity index (χ1n) is 9.95. The molecule has 4 heterocycles. The van der Waals surface area contributed by atoms with Gasteiger partial charge in [-0.05, 0) is 11.6 Å². The smallest absolute Gasteiger partial charge is 0.278 e. The van der Waals surface area contributed by atoms with Gasteiger partial charge in [0, 0.05) is 50.8 Å². The number of hydrogen-bond acceptors (Lipinski definition) is 11. The van der Waals surface area contributed by atoms with E-state index in [1.807, 2.05) is 31.0 Å². The Bertz CT molecular complexity index is 1150. The highest BCUT2D eigenvalue weighted by Crippen LogP contribution is 2.25. The zero-order valence-corrected chi connectivity index (χ0v) is 18.0. The van der Waals surface area contributed by atoms with E-state index in [2.05, 4.69) is 35.1 Å². The average Bonchev–Trinajstić information content (AvgIpc) is 3.33. The van der Waals surface area contributed by atoms with Crippen molar-refractivity contribution >= 4 is 11.8 Å². The summed E-state index contributed by atoms with van der Waals surface area (Å²) in [5.74, 6) is 1.69. The summed E-state index contributed by atoms with van der Waals surface area (Å²) >= 11 is 0. The molecule has 4 aromatic rings. The fourth-order valence-electron chi connectivity index (χ4n) is 2.94. The van der Waals surface area contributed by atoms with Crippen LogP contribution in [0, 0.1) is 0 Å².